The van der Waals surface area contributed by atoms with Crippen molar-refractivity contribution >= 4 is 45.8 Å². The Kier molecular flexibility index (Phi) is 5.48. The Labute approximate surface area is 165 Å². The number of aliphatic imine (C=N–C) groups is 1. The molecule has 0 aliphatic carbocycles. The minimum Gasteiger partial charge on any atom is -0.477 e. The van der Waals surface area contributed by atoms with E-state index in [1.54, 1.807) is 18.2 Å². The quantitative estimate of drug-likeness (QED) is 0.506. The molecule has 0 radical (unpaired) electrons. The van der Waals surface area contributed by atoms with E-state index in [0.717, 1.165) is 16.3 Å². The number of guanidine groups is 1. The third kappa shape index (κ3) is 3.82. The lowest BCUT2D eigenvalue weighted by Crippen LogP contribution is -2.24. The number of ether oxygens (including phenoxy) is 1. The molecule has 0 atom stereocenters. The molecule has 3 rings (SSSR count). The number of fused-ring (bicyclic) bond motifs is 1. The van der Waals surface area contributed by atoms with Crippen molar-refractivity contribution in [2.24, 2.45) is 16.5 Å². The summed E-state index contributed by atoms with van der Waals surface area (Å²) in [5.74, 6) is -0.535. The van der Waals surface area contributed by atoms with Gasteiger partial charge in [-0.15, -0.1) is 0 Å². The lowest BCUT2D eigenvalue weighted by Gasteiger charge is -2.13. The smallest absolute Gasteiger partial charge is 0.280 e. The molecule has 0 aliphatic heterocycles. The van der Waals surface area contributed by atoms with E-state index in [1.165, 1.54) is 6.20 Å². The number of halogens is 2. The van der Waals surface area contributed by atoms with E-state index in [1.807, 2.05) is 25.1 Å². The Morgan fingerprint density at radius 2 is 2.00 bits per heavy atom. The molecule has 0 unspecified atom stereocenters. The normalized spacial score (nSPS) is 10.6. The summed E-state index contributed by atoms with van der Waals surface area (Å²) in [6.45, 7) is 2.26. The third-order valence-corrected chi connectivity index (χ3v) is 4.49. The first-order valence-corrected chi connectivity index (χ1v) is 8.82. The summed E-state index contributed by atoms with van der Waals surface area (Å²) in [4.78, 5) is 19.9. The highest BCUT2D eigenvalue weighted by molar-refractivity contribution is 6.40. The maximum absolute atomic E-state index is 12.2. The first kappa shape index (κ1) is 18.9. The Bertz CT molecular complexity index is 1060. The van der Waals surface area contributed by atoms with Crippen LogP contribution in [0.5, 0.6) is 5.88 Å². The van der Waals surface area contributed by atoms with E-state index in [0.29, 0.717) is 33.7 Å². The van der Waals surface area contributed by atoms with E-state index >= 15 is 0 Å². The molecule has 0 saturated heterocycles. The van der Waals surface area contributed by atoms with Gasteiger partial charge in [-0.05, 0) is 35.4 Å². The van der Waals surface area contributed by atoms with E-state index in [-0.39, 0.29) is 5.96 Å². The molecule has 2 aromatic carbocycles. The van der Waals surface area contributed by atoms with Crippen LogP contribution in [0.15, 0.2) is 47.6 Å². The second-order valence-electron chi connectivity index (χ2n) is 5.62. The van der Waals surface area contributed by atoms with Gasteiger partial charge in [-0.3, -0.25) is 4.79 Å². The monoisotopic (exact) mass is 402 g/mol. The fourth-order valence-electron chi connectivity index (χ4n) is 2.74. The highest BCUT2D eigenvalue weighted by Gasteiger charge is 2.18. The van der Waals surface area contributed by atoms with Gasteiger partial charge in [-0.1, -0.05) is 47.5 Å². The first-order chi connectivity index (χ1) is 12.9. The second-order valence-corrected chi connectivity index (χ2v) is 6.40. The molecule has 0 fully saturated rings. The van der Waals surface area contributed by atoms with Crippen molar-refractivity contribution in [3.8, 4) is 17.0 Å². The molecule has 1 amide bonds. The van der Waals surface area contributed by atoms with E-state index in [2.05, 4.69) is 9.98 Å². The molecule has 0 aliphatic rings. The maximum atomic E-state index is 12.2. The molecule has 27 heavy (non-hydrogen) atoms. The van der Waals surface area contributed by atoms with Gasteiger partial charge in [0, 0.05) is 11.1 Å². The van der Waals surface area contributed by atoms with Crippen LogP contribution < -0.4 is 16.2 Å². The number of rotatable bonds is 4. The van der Waals surface area contributed by atoms with Gasteiger partial charge in [0.15, 0.2) is 5.96 Å². The molecule has 0 bridgehead atoms. The fourth-order valence-corrected chi connectivity index (χ4v) is 3.34. The van der Waals surface area contributed by atoms with E-state index in [4.69, 9.17) is 39.4 Å². The minimum atomic E-state index is -0.534. The van der Waals surface area contributed by atoms with Gasteiger partial charge < -0.3 is 16.2 Å². The number of hydrogen-bond acceptors (Lipinski definition) is 3. The van der Waals surface area contributed by atoms with Gasteiger partial charge in [0.05, 0.1) is 17.8 Å². The number of benzene rings is 2. The van der Waals surface area contributed by atoms with Crippen molar-refractivity contribution in [3.63, 3.8) is 0 Å². The van der Waals surface area contributed by atoms with Crippen LogP contribution in [-0.4, -0.2) is 23.5 Å². The van der Waals surface area contributed by atoms with Crippen LogP contribution in [0.25, 0.3) is 21.9 Å². The Morgan fingerprint density at radius 3 is 2.70 bits per heavy atom. The predicted molar refractivity (Wildman–Crippen MR) is 109 cm³/mol. The third-order valence-electron chi connectivity index (χ3n) is 3.85. The highest BCUT2D eigenvalue weighted by atomic mass is 35.5. The van der Waals surface area contributed by atoms with Gasteiger partial charge in [-0.25, -0.2) is 4.98 Å². The van der Waals surface area contributed by atoms with Crippen molar-refractivity contribution in [2.75, 3.05) is 6.61 Å². The molecular formula is C19H16Cl2N4O2. The average molecular weight is 403 g/mol. The first-order valence-electron chi connectivity index (χ1n) is 8.06. The van der Waals surface area contributed by atoms with E-state index < -0.39 is 5.91 Å². The molecule has 1 aromatic heterocycles. The second kappa shape index (κ2) is 7.82. The summed E-state index contributed by atoms with van der Waals surface area (Å²) in [7, 11) is 0. The lowest BCUT2D eigenvalue weighted by molar-refractivity contribution is 0.100. The van der Waals surface area contributed by atoms with E-state index in [9.17, 15) is 4.79 Å². The van der Waals surface area contributed by atoms with Crippen LogP contribution >= 0.6 is 23.2 Å². The Balaban J connectivity index is 2.25. The number of hydrogen-bond donors (Lipinski definition) is 2. The molecule has 0 saturated carbocycles. The van der Waals surface area contributed by atoms with Crippen LogP contribution in [0.4, 0.5) is 0 Å². The van der Waals surface area contributed by atoms with Crippen molar-refractivity contribution in [1.82, 2.24) is 4.98 Å². The maximum Gasteiger partial charge on any atom is 0.280 e. The Morgan fingerprint density at radius 1 is 1.22 bits per heavy atom. The highest BCUT2D eigenvalue weighted by Crippen LogP contribution is 2.42. The number of nitrogens with zero attached hydrogens (tertiary/aromatic N) is 2. The average Bonchev–Trinajstić information content (AvgIpc) is 2.63. The van der Waals surface area contributed by atoms with Crippen LogP contribution in [0.2, 0.25) is 10.0 Å². The predicted octanol–water partition coefficient (Wildman–Crippen LogP) is 4.02. The number of nitrogens with two attached hydrogens (primary N) is 2. The van der Waals surface area contributed by atoms with Crippen molar-refractivity contribution < 1.29 is 9.53 Å². The molecule has 138 valence electrons. The summed E-state index contributed by atoms with van der Waals surface area (Å²) in [5.41, 5.74) is 12.3. The topological polar surface area (TPSA) is 104 Å². The van der Waals surface area contributed by atoms with Crippen LogP contribution in [-0.2, 0) is 0 Å². The van der Waals surface area contributed by atoms with Crippen LogP contribution in [0.3, 0.4) is 0 Å². The SMILES string of the molecule is CCOc1ncc(Cl)c(-c2cccc3ccc(C(=O)N=C(N)N)cc23)c1Cl. The van der Waals surface area contributed by atoms with Gasteiger partial charge in [-0.2, -0.15) is 4.99 Å². The summed E-state index contributed by atoms with van der Waals surface area (Å²) >= 11 is 12.9. The number of amides is 1. The standard InChI is InChI=1S/C19H16Cl2N4O2/c1-2-27-18-16(21)15(14(20)9-24-18)12-5-3-4-10-6-7-11(8-13(10)12)17(26)25-19(22)23/h3-9H,2H2,1H3,(H4,22,23,25,26). The van der Waals surface area contributed by atoms with Crippen LogP contribution in [0.1, 0.15) is 17.3 Å². The van der Waals surface area contributed by atoms with Gasteiger partial charge in [0.25, 0.3) is 5.91 Å². The summed E-state index contributed by atoms with van der Waals surface area (Å²) in [6.07, 6.45) is 1.49. The molecular weight excluding hydrogens is 387 g/mol. The largest absolute Gasteiger partial charge is 0.477 e. The molecule has 1 heterocycles. The molecule has 4 N–H and O–H groups in total. The number of carbonyl (C=O) groups is 1. The number of aromatic nitrogens is 1. The number of carbonyl (C=O) groups excluding carboxylic acids is 1. The molecule has 0 spiro atoms. The zero-order valence-corrected chi connectivity index (χ0v) is 15.9. The Hall–Kier alpha value is -2.83. The molecule has 6 nitrogen and oxygen atoms in total. The zero-order chi connectivity index (χ0) is 19.6. The zero-order valence-electron chi connectivity index (χ0n) is 14.4. The van der Waals surface area contributed by atoms with Gasteiger partial charge >= 0.3 is 0 Å². The van der Waals surface area contributed by atoms with Crippen LogP contribution in [0, 0.1) is 0 Å². The summed E-state index contributed by atoms with van der Waals surface area (Å²) < 4.78 is 5.47. The molecule has 3 aromatic rings. The van der Waals surface area contributed by atoms with Crippen molar-refractivity contribution in [2.45, 2.75) is 6.92 Å². The van der Waals surface area contributed by atoms with Gasteiger partial charge in [0.1, 0.15) is 5.02 Å². The van der Waals surface area contributed by atoms with Crippen molar-refractivity contribution in [1.29, 1.82) is 0 Å². The van der Waals surface area contributed by atoms with Gasteiger partial charge in [0.2, 0.25) is 5.88 Å². The summed E-state index contributed by atoms with van der Waals surface area (Å²) in [5, 5.41) is 2.34. The fraction of sp³-hybridized carbons (Fsp3) is 0.105. The van der Waals surface area contributed by atoms with Crippen molar-refractivity contribution in [3.05, 3.63) is 58.2 Å². The minimum absolute atomic E-state index is 0.295. The number of pyridine rings is 1. The molecule has 8 heteroatoms. The lowest BCUT2D eigenvalue weighted by atomic mass is 9.97. The summed E-state index contributed by atoms with van der Waals surface area (Å²) in [6, 6.07) is 10.8.